The highest BCUT2D eigenvalue weighted by Crippen LogP contribution is 2.20. The number of halogens is 4. The predicted molar refractivity (Wildman–Crippen MR) is 173 cm³/mol. The lowest BCUT2D eigenvalue weighted by Crippen LogP contribution is -2.22. The maximum Gasteiger partial charge on any atom is 0.223 e. The number of aromatic nitrogens is 8. The van der Waals surface area contributed by atoms with Crippen LogP contribution in [0.25, 0.3) is 22.3 Å². The summed E-state index contributed by atoms with van der Waals surface area (Å²) in [5.74, 6) is 0.134. The molecule has 0 aliphatic heterocycles. The Hall–Kier alpha value is -1.15. The molecule has 39 heavy (non-hydrogen) atoms. The minimum absolute atomic E-state index is 0.134. The smallest absolute Gasteiger partial charge is 0.223 e. The Morgan fingerprint density at radius 1 is 0.923 bits per heavy atom. The van der Waals surface area contributed by atoms with E-state index in [0.717, 1.165) is 24.9 Å². The van der Waals surface area contributed by atoms with E-state index in [9.17, 15) is 0 Å². The van der Waals surface area contributed by atoms with Crippen LogP contribution in [0.15, 0.2) is 12.7 Å². The molecule has 11 nitrogen and oxygen atoms in total. The lowest BCUT2D eigenvalue weighted by molar-refractivity contribution is 0.0894. The molecular weight excluding hydrogens is 712 g/mol. The van der Waals surface area contributed by atoms with Gasteiger partial charge in [0.1, 0.15) is 23.8 Å². The van der Waals surface area contributed by atoms with Crippen LogP contribution in [0.5, 0.6) is 0 Å². The third kappa shape index (κ3) is 12.5. The highest BCUT2D eigenvalue weighted by atomic mass is 127. The average Bonchev–Trinajstić information content (AvgIpc) is 3.44. The molecule has 0 saturated carbocycles. The summed E-state index contributed by atoms with van der Waals surface area (Å²) >= 11 is 19.1. The maximum atomic E-state index is 6.03. The fourth-order valence-electron chi connectivity index (χ4n) is 2.77. The van der Waals surface area contributed by atoms with E-state index in [1.807, 2.05) is 27.2 Å². The topological polar surface area (TPSA) is 143 Å². The molecular formula is C22H35Cl3IN9O2Si2. The van der Waals surface area contributed by atoms with Crippen molar-refractivity contribution >= 4 is 102 Å². The van der Waals surface area contributed by atoms with Gasteiger partial charge in [-0.2, -0.15) is 9.97 Å². The zero-order valence-corrected chi connectivity index (χ0v) is 29.4. The van der Waals surface area contributed by atoms with Gasteiger partial charge >= 0.3 is 0 Å². The predicted octanol–water partition coefficient (Wildman–Crippen LogP) is 6.52. The van der Waals surface area contributed by atoms with Gasteiger partial charge in [0.25, 0.3) is 0 Å². The lowest BCUT2D eigenvalue weighted by Gasteiger charge is -2.15. The number of rotatable bonds is 9. The Labute approximate surface area is 259 Å². The summed E-state index contributed by atoms with van der Waals surface area (Å²) in [5, 5.41) is 0.681. The summed E-state index contributed by atoms with van der Waals surface area (Å²) in [6.07, 6.45) is 3.18. The van der Waals surface area contributed by atoms with Gasteiger partial charge in [0.15, 0.2) is 25.4 Å². The number of nitrogen functional groups attached to an aromatic ring is 1. The second kappa shape index (κ2) is 15.7. The van der Waals surface area contributed by atoms with E-state index < -0.39 is 16.1 Å². The van der Waals surface area contributed by atoms with Gasteiger partial charge in [0.05, 0.1) is 12.7 Å². The van der Waals surface area contributed by atoms with Crippen molar-refractivity contribution in [1.82, 2.24) is 39.5 Å². The zero-order chi connectivity index (χ0) is 29.2. The number of nitrogens with two attached hydrogens (primary N) is 1. The van der Waals surface area contributed by atoms with Gasteiger partial charge in [-0.25, -0.2) is 19.9 Å². The van der Waals surface area contributed by atoms with Gasteiger partial charge in [0, 0.05) is 52.0 Å². The van der Waals surface area contributed by atoms with Crippen LogP contribution >= 0.6 is 57.4 Å². The molecule has 0 aromatic carbocycles. The first-order valence-corrected chi connectivity index (χ1v) is 21.9. The van der Waals surface area contributed by atoms with Crippen LogP contribution in [-0.2, 0) is 16.2 Å². The van der Waals surface area contributed by atoms with Crippen LogP contribution in [0, 0.1) is 3.83 Å². The van der Waals surface area contributed by atoms with Crippen LogP contribution in [0.1, 0.15) is 0 Å². The van der Waals surface area contributed by atoms with E-state index in [1.54, 1.807) is 6.33 Å². The minimum Gasteiger partial charge on any atom is -0.368 e. The number of imidazole rings is 2. The molecule has 0 amide bonds. The van der Waals surface area contributed by atoms with E-state index in [-0.39, 0.29) is 5.95 Å². The summed E-state index contributed by atoms with van der Waals surface area (Å²) < 4.78 is 13.2. The molecule has 17 heteroatoms. The first kappa shape index (κ1) is 34.1. The van der Waals surface area contributed by atoms with E-state index in [1.165, 1.54) is 12.4 Å². The number of hydrogen-bond donors (Lipinski definition) is 2. The molecule has 0 spiro atoms. The summed E-state index contributed by atoms with van der Waals surface area (Å²) in [4.78, 5) is 26.9. The van der Waals surface area contributed by atoms with Crippen LogP contribution in [0.2, 0.25) is 61.7 Å². The number of anilines is 1. The fraction of sp³-hybridized carbons (Fsp3) is 0.545. The quantitative estimate of drug-likeness (QED) is 0.0489. The van der Waals surface area contributed by atoms with Gasteiger partial charge < -0.3 is 20.2 Å². The standard InChI is InChI=1S/C11H16ClIN4OSi.C6H15ClOSi.C5H4ClN5/c1-19(2,3)5-4-18-7-17-6-14-8-9(12)15-11(13)16-10(8)17;1-9(2,3)5-4-8-6-7;6-3-2-4(9-1-8-2)11-5(7)10-3/h6H,4-5,7H2,1-3H3;4-6H2,1-3H3;1H,(H3,7,8,9,10,11). The summed E-state index contributed by atoms with van der Waals surface area (Å²) in [7, 11) is -1.93. The van der Waals surface area contributed by atoms with Crippen molar-refractivity contribution in [1.29, 1.82) is 0 Å². The molecule has 0 saturated heterocycles. The number of aromatic amines is 1. The van der Waals surface area contributed by atoms with E-state index >= 15 is 0 Å². The Bertz CT molecular complexity index is 1330. The summed E-state index contributed by atoms with van der Waals surface area (Å²) in [5.41, 5.74) is 7.76. The van der Waals surface area contributed by atoms with Gasteiger partial charge in [0.2, 0.25) is 5.95 Å². The van der Waals surface area contributed by atoms with Crippen molar-refractivity contribution in [3.8, 4) is 0 Å². The highest BCUT2D eigenvalue weighted by molar-refractivity contribution is 14.1. The minimum atomic E-state index is -1.05. The Balaban J connectivity index is 0.000000226. The summed E-state index contributed by atoms with van der Waals surface area (Å²) in [6.45, 7) is 16.0. The van der Waals surface area contributed by atoms with Crippen LogP contribution in [0.3, 0.4) is 0 Å². The first-order chi connectivity index (χ1) is 18.2. The van der Waals surface area contributed by atoms with Crippen molar-refractivity contribution in [2.45, 2.75) is 58.1 Å². The van der Waals surface area contributed by atoms with Crippen molar-refractivity contribution < 1.29 is 9.47 Å². The van der Waals surface area contributed by atoms with Crippen LogP contribution in [-0.4, -0.2) is 74.9 Å². The molecule has 4 aromatic heterocycles. The molecule has 0 bridgehead atoms. The summed E-state index contributed by atoms with van der Waals surface area (Å²) in [6, 6.07) is 2.69. The van der Waals surface area contributed by atoms with Crippen molar-refractivity contribution in [2.75, 3.05) is 25.0 Å². The number of alkyl halides is 1. The van der Waals surface area contributed by atoms with Crippen molar-refractivity contribution in [2.24, 2.45) is 0 Å². The molecule has 4 heterocycles. The zero-order valence-electron chi connectivity index (χ0n) is 22.9. The van der Waals surface area contributed by atoms with Crippen LogP contribution in [0.4, 0.5) is 5.95 Å². The van der Waals surface area contributed by atoms with Crippen molar-refractivity contribution in [3.05, 3.63) is 26.8 Å². The number of nitrogens with one attached hydrogen (secondary N) is 1. The Kier molecular flexibility index (Phi) is 13.7. The molecule has 0 aliphatic carbocycles. The molecule has 4 aromatic rings. The molecule has 0 aliphatic rings. The SMILES string of the molecule is C[Si](C)(C)CCOCCl.C[Si](C)(C)CCOCn1cnc2c(Cl)nc(I)nc21.Nc1nc(Cl)c2[nH]cnc2n1. The molecule has 216 valence electrons. The fourth-order valence-corrected chi connectivity index (χ4v) is 5.44. The molecule has 0 fully saturated rings. The van der Waals surface area contributed by atoms with E-state index in [4.69, 9.17) is 50.0 Å². The third-order valence-corrected chi connectivity index (χ3v) is 9.54. The molecule has 4 rings (SSSR count). The molecule has 0 atom stereocenters. The number of fused-ring (bicyclic) bond motifs is 2. The van der Waals surface area contributed by atoms with Gasteiger partial charge in [-0.15, -0.1) is 0 Å². The Morgan fingerprint density at radius 2 is 1.56 bits per heavy atom. The molecule has 3 N–H and O–H groups in total. The van der Waals surface area contributed by atoms with Gasteiger partial charge in [-0.3, -0.25) is 4.57 Å². The largest absolute Gasteiger partial charge is 0.368 e. The van der Waals surface area contributed by atoms with Gasteiger partial charge in [-0.05, 0) is 12.1 Å². The van der Waals surface area contributed by atoms with E-state index in [2.05, 4.69) is 74.2 Å². The van der Waals surface area contributed by atoms with E-state index in [0.29, 0.717) is 43.6 Å². The average molecular weight is 747 g/mol. The Morgan fingerprint density at radius 3 is 2.18 bits per heavy atom. The first-order valence-electron chi connectivity index (χ1n) is 12.1. The van der Waals surface area contributed by atoms with Crippen LogP contribution < -0.4 is 5.73 Å². The molecule has 0 radical (unpaired) electrons. The number of H-pyrrole nitrogens is 1. The number of ether oxygens (including phenoxy) is 2. The number of hydrogen-bond acceptors (Lipinski definition) is 9. The van der Waals surface area contributed by atoms with Gasteiger partial charge in [-0.1, -0.05) is 74.1 Å². The second-order valence-corrected chi connectivity index (χ2v) is 24.0. The third-order valence-electron chi connectivity index (χ3n) is 4.95. The second-order valence-electron chi connectivity index (χ2n) is 10.8. The normalized spacial score (nSPS) is 11.7. The van der Waals surface area contributed by atoms with Crippen molar-refractivity contribution in [3.63, 3.8) is 0 Å². The maximum absolute atomic E-state index is 6.03. The molecule has 0 unspecified atom stereocenters. The number of nitrogens with zero attached hydrogens (tertiary/aromatic N) is 7. The lowest BCUT2D eigenvalue weighted by atomic mass is 10.5. The monoisotopic (exact) mass is 745 g/mol. The highest BCUT2D eigenvalue weighted by Gasteiger charge is 2.14.